The van der Waals surface area contributed by atoms with E-state index >= 15 is 0 Å². The summed E-state index contributed by atoms with van der Waals surface area (Å²) in [7, 11) is -3.68. The van der Waals surface area contributed by atoms with Crippen molar-refractivity contribution in [3.05, 3.63) is 72.1 Å². The highest BCUT2D eigenvalue weighted by Crippen LogP contribution is 2.28. The van der Waals surface area contributed by atoms with Gasteiger partial charge in [0.25, 0.3) is 5.91 Å². The van der Waals surface area contributed by atoms with Crippen molar-refractivity contribution in [2.24, 2.45) is 11.8 Å². The molecule has 178 valence electrons. The van der Waals surface area contributed by atoms with Gasteiger partial charge in [-0.3, -0.25) is 4.79 Å². The summed E-state index contributed by atoms with van der Waals surface area (Å²) in [4.78, 5) is 21.1. The van der Waals surface area contributed by atoms with Crippen molar-refractivity contribution in [3.8, 4) is 11.8 Å². The molecule has 2 unspecified atom stereocenters. The van der Waals surface area contributed by atoms with Crippen LogP contribution in [-0.2, 0) is 10.0 Å². The van der Waals surface area contributed by atoms with Crippen molar-refractivity contribution in [2.45, 2.75) is 32.1 Å². The third kappa shape index (κ3) is 5.43. The Hall–Kier alpha value is -3.30. The Kier molecular flexibility index (Phi) is 6.95. The lowest BCUT2D eigenvalue weighted by Crippen LogP contribution is -2.42. The second-order valence-electron chi connectivity index (χ2n) is 8.86. The van der Waals surface area contributed by atoms with Gasteiger partial charge in [0.1, 0.15) is 5.75 Å². The topological polar surface area (TPSA) is 101 Å². The first kappa shape index (κ1) is 23.8. The molecule has 1 fully saturated rings. The number of hydrogen-bond donors (Lipinski definition) is 1. The number of ether oxygens (including phenoxy) is 1. The highest BCUT2D eigenvalue weighted by Gasteiger charge is 2.32. The van der Waals surface area contributed by atoms with Crippen LogP contribution in [-0.4, -0.2) is 41.7 Å². The van der Waals surface area contributed by atoms with E-state index in [1.54, 1.807) is 54.9 Å². The average Bonchev–Trinajstić information content (AvgIpc) is 2.81. The number of hydrogen-bond acceptors (Lipinski definition) is 6. The Morgan fingerprint density at radius 3 is 2.41 bits per heavy atom. The van der Waals surface area contributed by atoms with Crippen LogP contribution in [0.25, 0.3) is 0 Å². The SMILES string of the molecule is Cc1cc(Oc2ncccn2)ccc1NC(=O)c1cccc(S(=O)(=O)N2CC(C)CC(C)C2)c1. The van der Waals surface area contributed by atoms with Crippen molar-refractivity contribution in [2.75, 3.05) is 18.4 Å². The van der Waals surface area contributed by atoms with Crippen LogP contribution < -0.4 is 10.1 Å². The minimum absolute atomic E-state index is 0.129. The Morgan fingerprint density at radius 1 is 1.03 bits per heavy atom. The highest BCUT2D eigenvalue weighted by molar-refractivity contribution is 7.89. The van der Waals surface area contributed by atoms with E-state index in [-0.39, 0.29) is 22.4 Å². The van der Waals surface area contributed by atoms with Gasteiger partial charge in [0.2, 0.25) is 10.0 Å². The number of sulfonamides is 1. The van der Waals surface area contributed by atoms with Gasteiger partial charge in [-0.15, -0.1) is 0 Å². The normalized spacial score (nSPS) is 18.9. The Balaban J connectivity index is 1.49. The predicted octanol–water partition coefficient (Wildman–Crippen LogP) is 4.50. The van der Waals surface area contributed by atoms with Crippen LogP contribution >= 0.6 is 0 Å². The molecular formula is C25H28N4O4S. The molecular weight excluding hydrogens is 452 g/mol. The summed E-state index contributed by atoms with van der Waals surface area (Å²) in [6, 6.07) is 13.3. The second kappa shape index (κ2) is 9.90. The van der Waals surface area contributed by atoms with Gasteiger partial charge in [0.15, 0.2) is 0 Å². The van der Waals surface area contributed by atoms with Crippen LogP contribution in [0.3, 0.4) is 0 Å². The van der Waals surface area contributed by atoms with E-state index in [0.29, 0.717) is 36.4 Å². The maximum absolute atomic E-state index is 13.2. The molecule has 8 nitrogen and oxygen atoms in total. The maximum atomic E-state index is 13.2. The lowest BCUT2D eigenvalue weighted by atomic mass is 9.94. The number of nitrogens with zero attached hydrogens (tertiary/aromatic N) is 3. The smallest absolute Gasteiger partial charge is 0.321 e. The first-order valence-electron chi connectivity index (χ1n) is 11.2. The number of amides is 1. The van der Waals surface area contributed by atoms with Crippen molar-refractivity contribution in [1.29, 1.82) is 0 Å². The molecule has 1 N–H and O–H groups in total. The van der Waals surface area contributed by atoms with E-state index in [0.717, 1.165) is 12.0 Å². The monoisotopic (exact) mass is 480 g/mol. The third-order valence-electron chi connectivity index (χ3n) is 5.77. The summed E-state index contributed by atoms with van der Waals surface area (Å²) in [5.41, 5.74) is 1.65. The number of carbonyl (C=O) groups excluding carboxylic acids is 1. The zero-order valence-corrected chi connectivity index (χ0v) is 20.2. The van der Waals surface area contributed by atoms with E-state index in [9.17, 15) is 13.2 Å². The Morgan fingerprint density at radius 2 is 1.74 bits per heavy atom. The Bertz CT molecular complexity index is 1270. The zero-order chi connectivity index (χ0) is 24.3. The number of aromatic nitrogens is 2. The van der Waals surface area contributed by atoms with Crippen molar-refractivity contribution in [3.63, 3.8) is 0 Å². The van der Waals surface area contributed by atoms with Crippen molar-refractivity contribution < 1.29 is 17.9 Å². The van der Waals surface area contributed by atoms with Crippen LogP contribution in [0.1, 0.15) is 36.2 Å². The van der Waals surface area contributed by atoms with E-state index in [1.807, 2.05) is 6.92 Å². The molecule has 0 bridgehead atoms. The summed E-state index contributed by atoms with van der Waals surface area (Å²) >= 11 is 0. The number of benzene rings is 2. The molecule has 2 heterocycles. The molecule has 3 aromatic rings. The van der Waals surface area contributed by atoms with Crippen molar-refractivity contribution in [1.82, 2.24) is 14.3 Å². The van der Waals surface area contributed by atoms with Gasteiger partial charge in [-0.2, -0.15) is 4.31 Å². The molecule has 1 aliphatic rings. The molecule has 1 aliphatic heterocycles. The molecule has 4 rings (SSSR count). The first-order valence-corrected chi connectivity index (χ1v) is 12.6. The summed E-state index contributed by atoms with van der Waals surface area (Å²) in [5, 5.41) is 2.86. The number of piperidine rings is 1. The van der Waals surface area contributed by atoms with Crippen molar-refractivity contribution >= 4 is 21.6 Å². The summed E-state index contributed by atoms with van der Waals surface area (Å²) in [5.74, 6) is 0.752. The fourth-order valence-electron chi connectivity index (χ4n) is 4.23. The standard InChI is InChI=1S/C25H28N4O4S/c1-17-12-18(2)16-29(15-17)34(31,32)22-7-4-6-20(14-22)24(30)28-23-9-8-21(13-19(23)3)33-25-26-10-5-11-27-25/h4-11,13-14,17-18H,12,15-16H2,1-3H3,(H,28,30). The summed E-state index contributed by atoms with van der Waals surface area (Å²) in [6.45, 7) is 6.95. The average molecular weight is 481 g/mol. The molecule has 0 spiro atoms. The maximum Gasteiger partial charge on any atom is 0.321 e. The third-order valence-corrected chi connectivity index (χ3v) is 7.59. The second-order valence-corrected chi connectivity index (χ2v) is 10.8. The van der Waals surface area contributed by atoms with E-state index in [4.69, 9.17) is 4.74 Å². The molecule has 9 heteroatoms. The lowest BCUT2D eigenvalue weighted by molar-refractivity contribution is 0.102. The van der Waals surface area contributed by atoms with Gasteiger partial charge < -0.3 is 10.1 Å². The predicted molar refractivity (Wildman–Crippen MR) is 129 cm³/mol. The number of anilines is 1. The molecule has 0 radical (unpaired) electrons. The van der Waals surface area contributed by atoms with E-state index in [1.165, 1.54) is 10.4 Å². The molecule has 34 heavy (non-hydrogen) atoms. The van der Waals surface area contributed by atoms with Crippen LogP contribution in [0.5, 0.6) is 11.8 Å². The molecule has 1 amide bonds. The van der Waals surface area contributed by atoms with Gasteiger partial charge in [0.05, 0.1) is 4.90 Å². The summed E-state index contributed by atoms with van der Waals surface area (Å²) in [6.07, 6.45) is 4.19. The van der Waals surface area contributed by atoms with Gasteiger partial charge in [0, 0.05) is 36.7 Å². The first-order chi connectivity index (χ1) is 16.2. The number of aryl methyl sites for hydroxylation is 1. The molecule has 2 atom stereocenters. The quantitative estimate of drug-likeness (QED) is 0.558. The van der Waals surface area contributed by atoms with Gasteiger partial charge in [-0.05, 0) is 73.2 Å². The van der Waals surface area contributed by atoms with E-state index in [2.05, 4.69) is 29.1 Å². The fourth-order valence-corrected chi connectivity index (χ4v) is 5.95. The zero-order valence-electron chi connectivity index (χ0n) is 19.4. The van der Waals surface area contributed by atoms with E-state index < -0.39 is 10.0 Å². The minimum Gasteiger partial charge on any atom is -0.424 e. The molecule has 0 aliphatic carbocycles. The van der Waals surface area contributed by atoms with Crippen LogP contribution in [0.4, 0.5) is 5.69 Å². The van der Waals surface area contributed by atoms with Crippen LogP contribution in [0.2, 0.25) is 0 Å². The van der Waals surface area contributed by atoms with Gasteiger partial charge in [-0.1, -0.05) is 19.9 Å². The largest absolute Gasteiger partial charge is 0.424 e. The lowest BCUT2D eigenvalue weighted by Gasteiger charge is -2.34. The van der Waals surface area contributed by atoms with Gasteiger partial charge >= 0.3 is 6.01 Å². The molecule has 1 saturated heterocycles. The number of carbonyl (C=O) groups is 1. The summed E-state index contributed by atoms with van der Waals surface area (Å²) < 4.78 is 33.6. The molecule has 0 saturated carbocycles. The molecule has 1 aromatic heterocycles. The van der Waals surface area contributed by atoms with Crippen LogP contribution in [0.15, 0.2) is 65.8 Å². The number of nitrogens with one attached hydrogen (secondary N) is 1. The number of rotatable bonds is 6. The molecule has 2 aromatic carbocycles. The van der Waals surface area contributed by atoms with Crippen LogP contribution in [0, 0.1) is 18.8 Å². The Labute approximate surface area is 200 Å². The highest BCUT2D eigenvalue weighted by atomic mass is 32.2. The fraction of sp³-hybridized carbons (Fsp3) is 0.320. The van der Waals surface area contributed by atoms with Gasteiger partial charge in [-0.25, -0.2) is 18.4 Å². The minimum atomic E-state index is -3.68.